The Morgan fingerprint density at radius 3 is 1.53 bits per heavy atom. The van der Waals surface area contributed by atoms with Crippen molar-refractivity contribution in [1.29, 1.82) is 0 Å². The van der Waals surface area contributed by atoms with Crippen LogP contribution < -0.4 is 0 Å². The Balaban J connectivity index is 4.37. The molecule has 11 heteroatoms. The molecule has 0 saturated carbocycles. The lowest BCUT2D eigenvalue weighted by atomic mass is 10.1. The second kappa shape index (κ2) is 33.2. The maximum atomic E-state index is 12.5. The summed E-state index contributed by atoms with van der Waals surface area (Å²) in [4.78, 5) is 34.7. The molecule has 0 saturated heterocycles. The molecule has 3 atom stereocenters. The smallest absolute Gasteiger partial charge is 0.462 e. The largest absolute Gasteiger partial charge is 0.472 e. The van der Waals surface area contributed by atoms with E-state index in [0.29, 0.717) is 12.8 Å². The highest BCUT2D eigenvalue weighted by Crippen LogP contribution is 2.43. The molecule has 0 aliphatic carbocycles. The van der Waals surface area contributed by atoms with Gasteiger partial charge in [-0.3, -0.25) is 18.6 Å². The molecule has 0 bridgehead atoms. The minimum atomic E-state index is -4.60. The molecule has 0 spiro atoms. The molecular weight excluding hydrogens is 623 g/mol. The molecule has 10 nitrogen and oxygen atoms in total. The minimum absolute atomic E-state index is 0.178. The lowest BCUT2D eigenvalue weighted by Crippen LogP contribution is -2.29. The summed E-state index contributed by atoms with van der Waals surface area (Å²) < 4.78 is 32.5. The number of esters is 2. The number of phosphoric ester groups is 1. The summed E-state index contributed by atoms with van der Waals surface area (Å²) in [5.41, 5.74) is 0. The number of aliphatic hydroxyl groups excluding tert-OH is 2. The van der Waals surface area contributed by atoms with Crippen LogP contribution in [0.4, 0.5) is 0 Å². The van der Waals surface area contributed by atoms with Crippen molar-refractivity contribution in [2.24, 2.45) is 0 Å². The Morgan fingerprint density at radius 2 is 1.04 bits per heavy atom. The number of aliphatic hydroxyl groups is 2. The van der Waals surface area contributed by atoms with Crippen LogP contribution in [0.15, 0.2) is 12.2 Å². The lowest BCUT2D eigenvalue weighted by molar-refractivity contribution is -0.161. The zero-order chi connectivity index (χ0) is 34.9. The molecule has 0 aromatic rings. The number of ether oxygens (including phenoxy) is 2. The fraction of sp³-hybridized carbons (Fsp3) is 0.889. The molecule has 278 valence electrons. The zero-order valence-corrected chi connectivity index (χ0v) is 30.6. The van der Waals surface area contributed by atoms with Crippen molar-refractivity contribution in [2.75, 3.05) is 26.4 Å². The summed E-state index contributed by atoms with van der Waals surface area (Å²) in [5.74, 6) is -0.934. The first-order valence-electron chi connectivity index (χ1n) is 18.6. The molecule has 47 heavy (non-hydrogen) atoms. The van der Waals surface area contributed by atoms with Crippen molar-refractivity contribution in [1.82, 2.24) is 0 Å². The average Bonchev–Trinajstić information content (AvgIpc) is 3.05. The van der Waals surface area contributed by atoms with Gasteiger partial charge >= 0.3 is 19.8 Å². The number of carbonyl (C=O) groups excluding carboxylic acids is 2. The highest BCUT2D eigenvalue weighted by atomic mass is 31.2. The van der Waals surface area contributed by atoms with Gasteiger partial charge in [-0.15, -0.1) is 0 Å². The molecule has 0 radical (unpaired) electrons. The molecule has 0 amide bonds. The van der Waals surface area contributed by atoms with E-state index in [1.165, 1.54) is 70.6 Å². The van der Waals surface area contributed by atoms with E-state index in [9.17, 15) is 24.2 Å². The van der Waals surface area contributed by atoms with E-state index in [-0.39, 0.29) is 19.4 Å². The minimum Gasteiger partial charge on any atom is -0.462 e. The monoisotopic (exact) mass is 692 g/mol. The maximum Gasteiger partial charge on any atom is 0.472 e. The van der Waals surface area contributed by atoms with E-state index in [4.69, 9.17) is 19.1 Å². The number of hydrogen-bond acceptors (Lipinski definition) is 9. The summed E-state index contributed by atoms with van der Waals surface area (Å²) in [6.45, 7) is 2.33. The van der Waals surface area contributed by atoms with Gasteiger partial charge < -0.3 is 24.6 Å². The number of hydrogen-bond donors (Lipinski definition) is 3. The number of allylic oxidation sites excluding steroid dienone is 2. The highest BCUT2D eigenvalue weighted by Gasteiger charge is 2.27. The van der Waals surface area contributed by atoms with Crippen LogP contribution in [0.3, 0.4) is 0 Å². The number of carbonyl (C=O) groups is 2. The number of unbranched alkanes of at least 4 members (excludes halogenated alkanes) is 19. The summed E-state index contributed by atoms with van der Waals surface area (Å²) in [5, 5.41) is 18.2. The van der Waals surface area contributed by atoms with E-state index in [2.05, 4.69) is 30.5 Å². The molecule has 0 aliphatic heterocycles. The van der Waals surface area contributed by atoms with E-state index in [1.807, 2.05) is 0 Å². The van der Waals surface area contributed by atoms with Crippen LogP contribution in [0.1, 0.15) is 168 Å². The highest BCUT2D eigenvalue weighted by molar-refractivity contribution is 7.47. The Morgan fingerprint density at radius 1 is 0.617 bits per heavy atom. The summed E-state index contributed by atoms with van der Waals surface area (Å²) >= 11 is 0. The van der Waals surface area contributed by atoms with Crippen molar-refractivity contribution in [3.05, 3.63) is 12.2 Å². The van der Waals surface area contributed by atoms with Gasteiger partial charge in [0.15, 0.2) is 6.10 Å². The quantitative estimate of drug-likeness (QED) is 0.0254. The molecule has 3 N–H and O–H groups in total. The first-order chi connectivity index (χ1) is 22.7. The van der Waals surface area contributed by atoms with Gasteiger partial charge in [0.25, 0.3) is 0 Å². The van der Waals surface area contributed by atoms with Gasteiger partial charge in [0.1, 0.15) is 12.7 Å². The van der Waals surface area contributed by atoms with Crippen LogP contribution in [-0.4, -0.2) is 65.7 Å². The second-order valence-corrected chi connectivity index (χ2v) is 14.1. The molecule has 1 unspecified atom stereocenters. The zero-order valence-electron chi connectivity index (χ0n) is 29.8. The third-order valence-corrected chi connectivity index (χ3v) is 8.87. The first kappa shape index (κ1) is 45.7. The van der Waals surface area contributed by atoms with Crippen LogP contribution in [-0.2, 0) is 32.7 Å². The summed E-state index contributed by atoms with van der Waals surface area (Å²) in [7, 11) is -4.60. The molecule has 0 heterocycles. The summed E-state index contributed by atoms with van der Waals surface area (Å²) in [6, 6.07) is 0. The standard InChI is InChI=1S/C36H69O10P/c1-3-5-7-9-11-13-14-15-16-17-18-20-22-24-26-28-36(40)46-34(32-45-47(41,42)44-30-33(38)29-37)31-43-35(39)27-25-23-21-19-12-10-8-6-4-2/h15-16,33-34,37-38H,3-14,17-32H2,1-2H3,(H,41,42)/b16-15+/t33-,34+/m0/s1. The van der Waals surface area contributed by atoms with Crippen molar-refractivity contribution in [3.8, 4) is 0 Å². The second-order valence-electron chi connectivity index (χ2n) is 12.6. The normalized spacial score (nSPS) is 14.2. The topological polar surface area (TPSA) is 149 Å². The number of phosphoric acid groups is 1. The maximum absolute atomic E-state index is 12.5. The predicted molar refractivity (Wildman–Crippen MR) is 187 cm³/mol. The molecular formula is C36H69O10P. The number of rotatable bonds is 35. The van der Waals surface area contributed by atoms with Crippen molar-refractivity contribution in [2.45, 2.75) is 180 Å². The van der Waals surface area contributed by atoms with Crippen LogP contribution >= 0.6 is 7.82 Å². The molecule has 0 fully saturated rings. The van der Waals surface area contributed by atoms with E-state index < -0.39 is 51.8 Å². The third kappa shape index (κ3) is 33.0. The van der Waals surface area contributed by atoms with Gasteiger partial charge in [0.05, 0.1) is 19.8 Å². The van der Waals surface area contributed by atoms with Crippen LogP contribution in [0.25, 0.3) is 0 Å². The Labute approximate surface area is 286 Å². The van der Waals surface area contributed by atoms with Crippen LogP contribution in [0, 0.1) is 0 Å². The van der Waals surface area contributed by atoms with Gasteiger partial charge in [0, 0.05) is 12.8 Å². The van der Waals surface area contributed by atoms with Crippen molar-refractivity contribution in [3.63, 3.8) is 0 Å². The fourth-order valence-electron chi connectivity index (χ4n) is 4.99. The average molecular weight is 693 g/mol. The lowest BCUT2D eigenvalue weighted by Gasteiger charge is -2.20. The SMILES string of the molecule is CCCCCCCC/C=C/CCCCCCCC(=O)O[C@H](COC(=O)CCCCCCCCCCC)COP(=O)(O)OC[C@@H](O)CO. The van der Waals surface area contributed by atoms with Gasteiger partial charge in [-0.1, -0.05) is 129 Å². The Bertz CT molecular complexity index is 807. The molecule has 0 rings (SSSR count). The van der Waals surface area contributed by atoms with Crippen LogP contribution in [0.5, 0.6) is 0 Å². The predicted octanol–water partition coefficient (Wildman–Crippen LogP) is 8.89. The molecule has 0 aromatic heterocycles. The third-order valence-electron chi connectivity index (χ3n) is 7.92. The van der Waals surface area contributed by atoms with E-state index in [1.54, 1.807) is 0 Å². The Hall–Kier alpha value is -1.29. The van der Waals surface area contributed by atoms with Gasteiger partial charge in [-0.2, -0.15) is 0 Å². The van der Waals surface area contributed by atoms with E-state index >= 15 is 0 Å². The molecule has 0 aromatic carbocycles. The first-order valence-corrected chi connectivity index (χ1v) is 20.1. The fourth-order valence-corrected chi connectivity index (χ4v) is 5.78. The van der Waals surface area contributed by atoms with Crippen molar-refractivity contribution < 1.29 is 47.8 Å². The van der Waals surface area contributed by atoms with Gasteiger partial charge in [0.2, 0.25) is 0 Å². The van der Waals surface area contributed by atoms with Gasteiger partial charge in [-0.05, 0) is 38.5 Å². The molecule has 0 aliphatic rings. The Kier molecular flexibility index (Phi) is 32.3. The summed E-state index contributed by atoms with van der Waals surface area (Å²) in [6.07, 6.45) is 27.6. The van der Waals surface area contributed by atoms with Crippen LogP contribution in [0.2, 0.25) is 0 Å². The van der Waals surface area contributed by atoms with E-state index in [0.717, 1.165) is 57.8 Å². The van der Waals surface area contributed by atoms with Crippen molar-refractivity contribution >= 4 is 19.8 Å². The van der Waals surface area contributed by atoms with Gasteiger partial charge in [-0.25, -0.2) is 4.57 Å².